The molecule has 2 rings (SSSR count). The highest BCUT2D eigenvalue weighted by molar-refractivity contribution is 6.03. The Labute approximate surface area is 111 Å². The number of aliphatic hydroxyl groups is 1. The number of rotatable bonds is 4. The Balaban J connectivity index is 2.18. The number of fused-ring (bicyclic) bond motifs is 1. The number of aliphatic hydroxyl groups excluding tert-OH is 1. The van der Waals surface area contributed by atoms with Crippen molar-refractivity contribution < 1.29 is 19.4 Å². The summed E-state index contributed by atoms with van der Waals surface area (Å²) in [5.74, 6) is 0.0220. The molecular formula is C13H16N2O4. The lowest BCUT2D eigenvalue weighted by molar-refractivity contribution is -0.128. The number of nitrogens with one attached hydrogen (secondary N) is 1. The predicted molar refractivity (Wildman–Crippen MR) is 69.0 cm³/mol. The Bertz CT molecular complexity index is 489. The molecule has 6 heteroatoms. The van der Waals surface area contributed by atoms with Gasteiger partial charge in [0.1, 0.15) is 12.3 Å². The maximum atomic E-state index is 12.1. The van der Waals surface area contributed by atoms with Crippen molar-refractivity contribution in [2.24, 2.45) is 0 Å². The SMILES string of the molecule is C[C@@H]1Oc2ccccc2N(CC(=O)NCCO)C1=O. The number of amides is 2. The first kappa shape index (κ1) is 13.4. The summed E-state index contributed by atoms with van der Waals surface area (Å²) in [6.07, 6.45) is -0.611. The highest BCUT2D eigenvalue weighted by atomic mass is 16.5. The monoisotopic (exact) mass is 264 g/mol. The van der Waals surface area contributed by atoms with Crippen LogP contribution in [0, 0.1) is 0 Å². The van der Waals surface area contributed by atoms with Gasteiger partial charge in [-0.2, -0.15) is 0 Å². The molecule has 0 saturated carbocycles. The average Bonchev–Trinajstić information content (AvgIpc) is 2.41. The van der Waals surface area contributed by atoms with E-state index in [-0.39, 0.29) is 31.5 Å². The van der Waals surface area contributed by atoms with E-state index in [4.69, 9.17) is 9.84 Å². The predicted octanol–water partition coefficient (Wildman–Crippen LogP) is -0.0910. The van der Waals surface area contributed by atoms with E-state index >= 15 is 0 Å². The molecular weight excluding hydrogens is 248 g/mol. The Morgan fingerprint density at radius 1 is 1.47 bits per heavy atom. The van der Waals surface area contributed by atoms with Gasteiger partial charge >= 0.3 is 0 Å². The molecule has 0 saturated heterocycles. The van der Waals surface area contributed by atoms with Crippen molar-refractivity contribution in [1.29, 1.82) is 0 Å². The number of nitrogens with zero attached hydrogens (tertiary/aromatic N) is 1. The Hall–Kier alpha value is -2.08. The first-order valence-electron chi connectivity index (χ1n) is 6.08. The molecule has 0 spiro atoms. The van der Waals surface area contributed by atoms with Gasteiger partial charge in [0.25, 0.3) is 5.91 Å². The van der Waals surface area contributed by atoms with Crippen molar-refractivity contribution in [3.05, 3.63) is 24.3 Å². The largest absolute Gasteiger partial charge is 0.479 e. The molecule has 1 heterocycles. The van der Waals surface area contributed by atoms with Gasteiger partial charge in [-0.25, -0.2) is 0 Å². The quantitative estimate of drug-likeness (QED) is 0.796. The molecule has 6 nitrogen and oxygen atoms in total. The van der Waals surface area contributed by atoms with Crippen LogP contribution in [0.2, 0.25) is 0 Å². The number of carbonyl (C=O) groups is 2. The molecule has 0 radical (unpaired) electrons. The van der Waals surface area contributed by atoms with Crippen LogP contribution in [0.1, 0.15) is 6.92 Å². The van der Waals surface area contributed by atoms with Crippen molar-refractivity contribution >= 4 is 17.5 Å². The van der Waals surface area contributed by atoms with Gasteiger partial charge < -0.3 is 15.2 Å². The molecule has 19 heavy (non-hydrogen) atoms. The zero-order chi connectivity index (χ0) is 13.8. The van der Waals surface area contributed by atoms with Gasteiger partial charge in [-0.05, 0) is 19.1 Å². The zero-order valence-electron chi connectivity index (χ0n) is 10.6. The van der Waals surface area contributed by atoms with Crippen LogP contribution in [-0.4, -0.2) is 42.7 Å². The summed E-state index contributed by atoms with van der Waals surface area (Å²) >= 11 is 0. The topological polar surface area (TPSA) is 78.9 Å². The molecule has 0 aliphatic carbocycles. The second kappa shape index (κ2) is 5.71. The first-order chi connectivity index (χ1) is 9.13. The molecule has 1 aliphatic rings. The molecule has 102 valence electrons. The summed E-state index contributed by atoms with van der Waals surface area (Å²) in [6, 6.07) is 7.09. The van der Waals surface area contributed by atoms with E-state index in [0.29, 0.717) is 11.4 Å². The minimum atomic E-state index is -0.611. The van der Waals surface area contributed by atoms with Crippen LogP contribution in [0.5, 0.6) is 5.75 Å². The highest BCUT2D eigenvalue weighted by Gasteiger charge is 2.32. The van der Waals surface area contributed by atoms with Crippen LogP contribution in [-0.2, 0) is 9.59 Å². The number of hydrogen-bond acceptors (Lipinski definition) is 4. The number of hydrogen-bond donors (Lipinski definition) is 2. The molecule has 1 aliphatic heterocycles. The van der Waals surface area contributed by atoms with Gasteiger partial charge in [0.2, 0.25) is 5.91 Å². The molecule has 0 unspecified atom stereocenters. The summed E-state index contributed by atoms with van der Waals surface area (Å²) in [4.78, 5) is 25.1. The maximum Gasteiger partial charge on any atom is 0.268 e. The summed E-state index contributed by atoms with van der Waals surface area (Å²) in [6.45, 7) is 1.62. The molecule has 1 aromatic carbocycles. The van der Waals surface area contributed by atoms with Crippen molar-refractivity contribution in [2.75, 3.05) is 24.6 Å². The zero-order valence-corrected chi connectivity index (χ0v) is 10.6. The van der Waals surface area contributed by atoms with Crippen LogP contribution in [0.3, 0.4) is 0 Å². The number of carbonyl (C=O) groups excluding carboxylic acids is 2. The first-order valence-corrected chi connectivity index (χ1v) is 6.08. The number of benzene rings is 1. The smallest absolute Gasteiger partial charge is 0.268 e. The molecule has 0 fully saturated rings. The fourth-order valence-corrected chi connectivity index (χ4v) is 1.92. The molecule has 2 amide bonds. The minimum Gasteiger partial charge on any atom is -0.479 e. The Kier molecular flexibility index (Phi) is 4.01. The number of para-hydroxylation sites is 2. The van der Waals surface area contributed by atoms with Crippen LogP contribution >= 0.6 is 0 Å². The highest BCUT2D eigenvalue weighted by Crippen LogP contribution is 2.33. The van der Waals surface area contributed by atoms with Crippen molar-refractivity contribution in [3.63, 3.8) is 0 Å². The van der Waals surface area contributed by atoms with Crippen LogP contribution in [0.4, 0.5) is 5.69 Å². The normalized spacial score (nSPS) is 17.7. The Morgan fingerprint density at radius 2 is 2.21 bits per heavy atom. The number of ether oxygens (including phenoxy) is 1. The van der Waals surface area contributed by atoms with Crippen molar-refractivity contribution in [3.8, 4) is 5.75 Å². The molecule has 0 bridgehead atoms. The van der Waals surface area contributed by atoms with Crippen molar-refractivity contribution in [2.45, 2.75) is 13.0 Å². The third kappa shape index (κ3) is 2.85. The second-order valence-electron chi connectivity index (χ2n) is 4.23. The lowest BCUT2D eigenvalue weighted by Gasteiger charge is -2.32. The Morgan fingerprint density at radius 3 is 2.95 bits per heavy atom. The summed E-state index contributed by atoms with van der Waals surface area (Å²) in [5, 5.41) is 11.2. The van der Waals surface area contributed by atoms with E-state index in [0.717, 1.165) is 0 Å². The van der Waals surface area contributed by atoms with Gasteiger partial charge in [-0.15, -0.1) is 0 Å². The van der Waals surface area contributed by atoms with Crippen LogP contribution in [0.15, 0.2) is 24.3 Å². The maximum absolute atomic E-state index is 12.1. The van der Waals surface area contributed by atoms with E-state index < -0.39 is 6.10 Å². The van der Waals surface area contributed by atoms with E-state index in [1.54, 1.807) is 25.1 Å². The fourth-order valence-electron chi connectivity index (χ4n) is 1.92. The standard InChI is InChI=1S/C13H16N2O4/c1-9-13(18)15(8-12(17)14-6-7-16)10-4-2-3-5-11(10)19-9/h2-5,9,16H,6-8H2,1H3,(H,14,17)/t9-/m0/s1. The van der Waals surface area contributed by atoms with Gasteiger partial charge in [-0.1, -0.05) is 12.1 Å². The fraction of sp³-hybridized carbons (Fsp3) is 0.385. The van der Waals surface area contributed by atoms with E-state index in [2.05, 4.69) is 5.32 Å². The molecule has 1 atom stereocenters. The van der Waals surface area contributed by atoms with Gasteiger partial charge in [-0.3, -0.25) is 14.5 Å². The third-order valence-electron chi connectivity index (χ3n) is 2.81. The lowest BCUT2D eigenvalue weighted by atomic mass is 10.2. The van der Waals surface area contributed by atoms with E-state index in [1.807, 2.05) is 6.07 Å². The van der Waals surface area contributed by atoms with Gasteiger partial charge in [0, 0.05) is 6.54 Å². The molecule has 1 aromatic rings. The molecule has 0 aromatic heterocycles. The number of anilines is 1. The summed E-state index contributed by atoms with van der Waals surface area (Å²) < 4.78 is 5.47. The van der Waals surface area contributed by atoms with Gasteiger partial charge in [0.05, 0.1) is 12.3 Å². The van der Waals surface area contributed by atoms with E-state index in [1.165, 1.54) is 4.90 Å². The van der Waals surface area contributed by atoms with Crippen LogP contribution in [0.25, 0.3) is 0 Å². The summed E-state index contributed by atoms with van der Waals surface area (Å²) in [5.41, 5.74) is 0.588. The van der Waals surface area contributed by atoms with Crippen molar-refractivity contribution in [1.82, 2.24) is 5.32 Å². The van der Waals surface area contributed by atoms with Crippen LogP contribution < -0.4 is 15.0 Å². The molecule has 2 N–H and O–H groups in total. The third-order valence-corrected chi connectivity index (χ3v) is 2.81. The van der Waals surface area contributed by atoms with E-state index in [9.17, 15) is 9.59 Å². The second-order valence-corrected chi connectivity index (χ2v) is 4.23. The minimum absolute atomic E-state index is 0.0798. The average molecular weight is 264 g/mol. The van der Waals surface area contributed by atoms with Gasteiger partial charge in [0.15, 0.2) is 6.10 Å². The summed E-state index contributed by atoms with van der Waals surface area (Å²) in [7, 11) is 0. The lowest BCUT2D eigenvalue weighted by Crippen LogP contribution is -2.49.